The van der Waals surface area contributed by atoms with Gasteiger partial charge in [0, 0.05) is 0 Å². The van der Waals surface area contributed by atoms with Gasteiger partial charge in [-0.3, -0.25) is 4.79 Å². The van der Waals surface area contributed by atoms with Crippen LogP contribution < -0.4 is 10.1 Å². The Kier molecular flexibility index (Phi) is 4.97. The standard InChI is InChI=1S/C13H19NO4/c1-8(2)18-12-7-9(4-5-11(12)15)6-10(14-3)13(16)17/h4-5,7-8,10,14-15H,6H2,1-3H3,(H,16,17). The lowest BCUT2D eigenvalue weighted by molar-refractivity contribution is -0.139. The summed E-state index contributed by atoms with van der Waals surface area (Å²) in [6.07, 6.45) is 0.284. The summed E-state index contributed by atoms with van der Waals surface area (Å²) >= 11 is 0. The maximum absolute atomic E-state index is 10.9. The molecule has 0 aromatic heterocycles. The molecule has 1 aromatic rings. The van der Waals surface area contributed by atoms with Gasteiger partial charge in [0.1, 0.15) is 6.04 Å². The molecule has 0 heterocycles. The average molecular weight is 253 g/mol. The molecule has 0 amide bonds. The lowest BCUT2D eigenvalue weighted by Gasteiger charge is -2.15. The van der Waals surface area contributed by atoms with Crippen molar-refractivity contribution in [2.75, 3.05) is 7.05 Å². The second kappa shape index (κ2) is 6.26. The molecule has 5 nitrogen and oxygen atoms in total. The SMILES string of the molecule is CNC(Cc1ccc(O)c(OC(C)C)c1)C(=O)O. The van der Waals surface area contributed by atoms with Crippen LogP contribution >= 0.6 is 0 Å². The fourth-order valence-electron chi connectivity index (χ4n) is 1.58. The molecule has 0 saturated heterocycles. The van der Waals surface area contributed by atoms with Gasteiger partial charge in [-0.15, -0.1) is 0 Å². The molecule has 0 fully saturated rings. The van der Waals surface area contributed by atoms with E-state index in [1.54, 1.807) is 19.2 Å². The Morgan fingerprint density at radius 1 is 1.44 bits per heavy atom. The number of carboxylic acid groups (broad SMARTS) is 1. The molecule has 0 aliphatic rings. The third kappa shape index (κ3) is 3.92. The van der Waals surface area contributed by atoms with Gasteiger partial charge >= 0.3 is 5.97 Å². The van der Waals surface area contributed by atoms with Gasteiger partial charge in [-0.05, 0) is 45.0 Å². The maximum atomic E-state index is 10.9. The van der Waals surface area contributed by atoms with Gasteiger partial charge in [0.2, 0.25) is 0 Å². The monoisotopic (exact) mass is 253 g/mol. The summed E-state index contributed by atoms with van der Waals surface area (Å²) in [4.78, 5) is 10.9. The zero-order valence-electron chi connectivity index (χ0n) is 10.8. The minimum Gasteiger partial charge on any atom is -0.504 e. The number of hydrogen-bond donors (Lipinski definition) is 3. The Balaban J connectivity index is 2.87. The molecule has 0 aliphatic heterocycles. The number of rotatable bonds is 6. The van der Waals surface area contributed by atoms with E-state index in [0.717, 1.165) is 5.56 Å². The predicted octanol–water partition coefficient (Wildman–Crippen LogP) is 1.39. The van der Waals surface area contributed by atoms with E-state index in [9.17, 15) is 9.90 Å². The van der Waals surface area contributed by atoms with E-state index in [-0.39, 0.29) is 11.9 Å². The van der Waals surface area contributed by atoms with E-state index >= 15 is 0 Å². The van der Waals surface area contributed by atoms with Crippen LogP contribution in [0.4, 0.5) is 0 Å². The van der Waals surface area contributed by atoms with Crippen LogP contribution in [0, 0.1) is 0 Å². The molecule has 1 rings (SSSR count). The highest BCUT2D eigenvalue weighted by Gasteiger charge is 2.16. The van der Waals surface area contributed by atoms with E-state index in [1.165, 1.54) is 6.07 Å². The first-order chi connectivity index (χ1) is 8.43. The number of phenolic OH excluding ortho intramolecular Hbond substituents is 1. The normalized spacial score (nSPS) is 12.4. The van der Waals surface area contributed by atoms with Crippen LogP contribution in [-0.2, 0) is 11.2 Å². The van der Waals surface area contributed by atoms with Crippen LogP contribution in [0.1, 0.15) is 19.4 Å². The molecule has 0 bridgehead atoms. The molecule has 1 aromatic carbocycles. The number of benzene rings is 1. The van der Waals surface area contributed by atoms with E-state index < -0.39 is 12.0 Å². The topological polar surface area (TPSA) is 78.8 Å². The van der Waals surface area contributed by atoms with Crippen LogP contribution in [0.3, 0.4) is 0 Å². The Labute approximate surface area is 106 Å². The summed E-state index contributed by atoms with van der Waals surface area (Å²) in [6, 6.07) is 4.22. The maximum Gasteiger partial charge on any atom is 0.321 e. The third-order valence-corrected chi connectivity index (χ3v) is 2.47. The minimum absolute atomic E-state index is 0.0503. The summed E-state index contributed by atoms with van der Waals surface area (Å²) < 4.78 is 5.44. The van der Waals surface area contributed by atoms with Gasteiger partial charge in [-0.25, -0.2) is 0 Å². The van der Waals surface area contributed by atoms with Crippen molar-refractivity contribution in [2.45, 2.75) is 32.4 Å². The number of nitrogens with one attached hydrogen (secondary N) is 1. The quantitative estimate of drug-likeness (QED) is 0.714. The lowest BCUT2D eigenvalue weighted by atomic mass is 10.1. The first kappa shape index (κ1) is 14.3. The first-order valence-electron chi connectivity index (χ1n) is 5.82. The van der Waals surface area contributed by atoms with Gasteiger partial charge in [0.05, 0.1) is 6.10 Å². The van der Waals surface area contributed by atoms with Gasteiger partial charge in [-0.1, -0.05) is 6.07 Å². The summed E-state index contributed by atoms with van der Waals surface area (Å²) in [7, 11) is 1.60. The lowest BCUT2D eigenvalue weighted by Crippen LogP contribution is -2.35. The fraction of sp³-hybridized carbons (Fsp3) is 0.462. The molecule has 0 aliphatic carbocycles. The third-order valence-electron chi connectivity index (χ3n) is 2.47. The van der Waals surface area contributed by atoms with Crippen molar-refractivity contribution >= 4 is 5.97 Å². The van der Waals surface area contributed by atoms with Crippen molar-refractivity contribution in [3.05, 3.63) is 23.8 Å². The van der Waals surface area contributed by atoms with Crippen LogP contribution in [0.2, 0.25) is 0 Å². The van der Waals surface area contributed by atoms with Crippen molar-refractivity contribution in [1.82, 2.24) is 5.32 Å². The molecule has 0 radical (unpaired) electrons. The smallest absolute Gasteiger partial charge is 0.321 e. The number of aliphatic carboxylic acids is 1. The molecule has 1 unspecified atom stereocenters. The van der Waals surface area contributed by atoms with E-state index in [4.69, 9.17) is 9.84 Å². The van der Waals surface area contributed by atoms with Gasteiger partial charge < -0.3 is 20.3 Å². The molecule has 3 N–H and O–H groups in total. The van der Waals surface area contributed by atoms with Crippen LogP contribution in [0.25, 0.3) is 0 Å². The minimum atomic E-state index is -0.906. The summed E-state index contributed by atoms with van der Waals surface area (Å²) in [5.41, 5.74) is 0.796. The fourth-order valence-corrected chi connectivity index (χ4v) is 1.58. The number of carbonyl (C=O) groups is 1. The Hall–Kier alpha value is -1.75. The predicted molar refractivity (Wildman–Crippen MR) is 68.1 cm³/mol. The number of carboxylic acids is 1. The second-order valence-electron chi connectivity index (χ2n) is 4.35. The van der Waals surface area contributed by atoms with Gasteiger partial charge in [0.15, 0.2) is 11.5 Å². The molecule has 0 spiro atoms. The summed E-state index contributed by atoms with van der Waals surface area (Å²) in [5.74, 6) is -0.469. The molecule has 1 atom stereocenters. The second-order valence-corrected chi connectivity index (χ2v) is 4.35. The zero-order chi connectivity index (χ0) is 13.7. The molecule has 100 valence electrons. The van der Waals surface area contributed by atoms with Gasteiger partial charge in [-0.2, -0.15) is 0 Å². The molecule has 0 saturated carbocycles. The number of ether oxygens (including phenoxy) is 1. The average Bonchev–Trinajstić information content (AvgIpc) is 2.29. The Bertz CT molecular complexity index is 417. The van der Waals surface area contributed by atoms with Crippen molar-refractivity contribution in [2.24, 2.45) is 0 Å². The number of phenols is 1. The Morgan fingerprint density at radius 3 is 2.61 bits per heavy atom. The largest absolute Gasteiger partial charge is 0.504 e. The van der Waals surface area contributed by atoms with E-state index in [0.29, 0.717) is 12.2 Å². The zero-order valence-corrected chi connectivity index (χ0v) is 10.8. The number of likely N-dealkylation sites (N-methyl/N-ethyl adjacent to an activating group) is 1. The highest BCUT2D eigenvalue weighted by atomic mass is 16.5. The van der Waals surface area contributed by atoms with Crippen molar-refractivity contribution < 1.29 is 19.7 Å². The summed E-state index contributed by atoms with van der Waals surface area (Å²) in [6.45, 7) is 3.72. The van der Waals surface area contributed by atoms with Crippen LogP contribution in [-0.4, -0.2) is 35.4 Å². The number of aromatic hydroxyl groups is 1. The van der Waals surface area contributed by atoms with E-state index in [2.05, 4.69) is 5.32 Å². The summed E-state index contributed by atoms with van der Waals surface area (Å²) in [5, 5.41) is 21.3. The van der Waals surface area contributed by atoms with Crippen molar-refractivity contribution in [3.63, 3.8) is 0 Å². The van der Waals surface area contributed by atoms with Crippen LogP contribution in [0.15, 0.2) is 18.2 Å². The van der Waals surface area contributed by atoms with Crippen molar-refractivity contribution in [1.29, 1.82) is 0 Å². The molecular formula is C13H19NO4. The van der Waals surface area contributed by atoms with E-state index in [1.807, 2.05) is 13.8 Å². The first-order valence-corrected chi connectivity index (χ1v) is 5.82. The Morgan fingerprint density at radius 2 is 2.11 bits per heavy atom. The number of hydrogen-bond acceptors (Lipinski definition) is 4. The van der Waals surface area contributed by atoms with Crippen molar-refractivity contribution in [3.8, 4) is 11.5 Å². The van der Waals surface area contributed by atoms with Crippen LogP contribution in [0.5, 0.6) is 11.5 Å². The highest BCUT2D eigenvalue weighted by Crippen LogP contribution is 2.28. The van der Waals surface area contributed by atoms with Gasteiger partial charge in [0.25, 0.3) is 0 Å². The highest BCUT2D eigenvalue weighted by molar-refractivity contribution is 5.73. The molecule has 5 heteroatoms. The molecule has 18 heavy (non-hydrogen) atoms. The molecular weight excluding hydrogens is 234 g/mol.